The summed E-state index contributed by atoms with van der Waals surface area (Å²) < 4.78 is 19.0. The first-order chi connectivity index (χ1) is 17.5. The Bertz CT molecular complexity index is 1030. The van der Waals surface area contributed by atoms with Gasteiger partial charge in [0, 0.05) is 13.0 Å². The second-order valence-corrected chi connectivity index (χ2v) is 8.89. The summed E-state index contributed by atoms with van der Waals surface area (Å²) in [5.41, 5.74) is 1.62. The van der Waals surface area contributed by atoms with E-state index in [0.717, 1.165) is 11.1 Å². The third-order valence-corrected chi connectivity index (χ3v) is 6.15. The number of nitrogens with one attached hydrogen (secondary N) is 2. The molecule has 7 nitrogen and oxygen atoms in total. The second-order valence-electron chi connectivity index (χ2n) is 8.89. The molecule has 0 bridgehead atoms. The van der Waals surface area contributed by atoms with Crippen molar-refractivity contribution in [3.63, 3.8) is 0 Å². The van der Waals surface area contributed by atoms with Crippen LogP contribution in [0.25, 0.3) is 0 Å². The molecule has 2 aromatic rings. The Morgan fingerprint density at radius 1 is 1.06 bits per heavy atom. The maximum Gasteiger partial charge on any atom is 0.309 e. The molecule has 1 aliphatic heterocycles. The van der Waals surface area contributed by atoms with Gasteiger partial charge in [0.25, 0.3) is 0 Å². The summed E-state index contributed by atoms with van der Waals surface area (Å²) in [6.45, 7) is -0.102. The maximum atomic E-state index is 13.3. The van der Waals surface area contributed by atoms with Crippen LogP contribution in [0.3, 0.4) is 0 Å². The number of benzene rings is 2. The van der Waals surface area contributed by atoms with E-state index in [-0.39, 0.29) is 49.8 Å². The Morgan fingerprint density at radius 2 is 1.81 bits per heavy atom. The number of aliphatic hydroxyl groups is 1. The lowest BCUT2D eigenvalue weighted by molar-refractivity contribution is -0.150. The molecular weight excluding hydrogens is 463 g/mol. The number of hydrogen-bond acceptors (Lipinski definition) is 5. The molecule has 0 aromatic heterocycles. The summed E-state index contributed by atoms with van der Waals surface area (Å²) in [4.78, 5) is 38.5. The number of rotatable bonds is 7. The average Bonchev–Trinajstić information content (AvgIpc) is 2.90. The third-order valence-electron chi connectivity index (χ3n) is 6.15. The van der Waals surface area contributed by atoms with Gasteiger partial charge in [-0.3, -0.25) is 14.4 Å². The molecule has 1 heterocycles. The number of ether oxygens (including phenoxy) is 1. The van der Waals surface area contributed by atoms with Gasteiger partial charge in [-0.15, -0.1) is 0 Å². The number of allylic oxidation sites excluding steroid dienone is 2. The molecule has 192 valence electrons. The molecule has 0 saturated carbocycles. The average molecular weight is 497 g/mol. The minimum absolute atomic E-state index is 0.0232. The standard InChI is InChI=1S/C28H33FN2O5/c29-24-13-11-20(12-14-24)17-23-10-6-2-5-9-22(18-26(33)30-15-16-32)27(34)31-25(19-36-28(23)35)21-7-3-1-4-8-21/h1-5,7-8,11-14,22-23,25,32H,6,9-10,15-19H2,(H,30,33)(H,31,34)/b5-2+/t22-,23+,25-/m1/s1. The van der Waals surface area contributed by atoms with Crippen molar-refractivity contribution in [2.45, 2.75) is 38.1 Å². The number of carbonyl (C=O) groups is 3. The fourth-order valence-corrected chi connectivity index (χ4v) is 4.14. The summed E-state index contributed by atoms with van der Waals surface area (Å²) in [6, 6.07) is 14.7. The van der Waals surface area contributed by atoms with Crippen LogP contribution in [0.4, 0.5) is 4.39 Å². The first-order valence-corrected chi connectivity index (χ1v) is 12.2. The molecule has 0 aliphatic carbocycles. The predicted molar refractivity (Wildman–Crippen MR) is 133 cm³/mol. The van der Waals surface area contributed by atoms with Crippen LogP contribution in [0.1, 0.15) is 42.9 Å². The lowest BCUT2D eigenvalue weighted by Crippen LogP contribution is -2.39. The highest BCUT2D eigenvalue weighted by molar-refractivity contribution is 5.86. The molecule has 0 saturated heterocycles. The molecule has 2 aromatic carbocycles. The highest BCUT2D eigenvalue weighted by Gasteiger charge is 2.27. The van der Waals surface area contributed by atoms with Crippen LogP contribution in [-0.2, 0) is 25.5 Å². The summed E-state index contributed by atoms with van der Waals surface area (Å²) in [6.07, 6.45) is 5.65. The van der Waals surface area contributed by atoms with Crippen LogP contribution >= 0.6 is 0 Å². The van der Waals surface area contributed by atoms with Crippen LogP contribution in [0.15, 0.2) is 66.7 Å². The number of carbonyl (C=O) groups excluding carboxylic acids is 3. The Labute approximate surface area is 210 Å². The smallest absolute Gasteiger partial charge is 0.309 e. The van der Waals surface area contributed by atoms with E-state index >= 15 is 0 Å². The minimum Gasteiger partial charge on any atom is -0.463 e. The van der Waals surface area contributed by atoms with Gasteiger partial charge < -0.3 is 20.5 Å². The van der Waals surface area contributed by atoms with Crippen LogP contribution < -0.4 is 10.6 Å². The zero-order valence-electron chi connectivity index (χ0n) is 20.2. The first-order valence-electron chi connectivity index (χ1n) is 12.2. The normalized spacial score (nSPS) is 22.2. The van der Waals surface area contributed by atoms with E-state index in [0.29, 0.717) is 25.7 Å². The summed E-state index contributed by atoms with van der Waals surface area (Å²) >= 11 is 0. The van der Waals surface area contributed by atoms with E-state index in [1.807, 2.05) is 42.5 Å². The molecule has 0 radical (unpaired) electrons. The molecule has 0 unspecified atom stereocenters. The van der Waals surface area contributed by atoms with Crippen molar-refractivity contribution in [3.05, 3.63) is 83.7 Å². The topological polar surface area (TPSA) is 105 Å². The van der Waals surface area contributed by atoms with E-state index in [4.69, 9.17) is 9.84 Å². The van der Waals surface area contributed by atoms with Crippen LogP contribution in [0.5, 0.6) is 0 Å². The SMILES string of the molecule is O=C(C[C@H]1C/C=C/CC[C@@H](Cc2ccc(F)cc2)C(=O)OC[C@H](c2ccccc2)NC1=O)NCCO. The third kappa shape index (κ3) is 8.61. The van der Waals surface area contributed by atoms with Gasteiger partial charge in [0.2, 0.25) is 11.8 Å². The predicted octanol–water partition coefficient (Wildman–Crippen LogP) is 3.24. The highest BCUT2D eigenvalue weighted by atomic mass is 19.1. The van der Waals surface area contributed by atoms with Crippen molar-refractivity contribution in [3.8, 4) is 0 Å². The molecule has 36 heavy (non-hydrogen) atoms. The Balaban J connectivity index is 1.80. The fourth-order valence-electron chi connectivity index (χ4n) is 4.14. The van der Waals surface area contributed by atoms with Gasteiger partial charge in [0.05, 0.1) is 24.5 Å². The number of aliphatic hydroxyl groups excluding tert-OH is 1. The number of halogens is 1. The number of hydrogen-bond donors (Lipinski definition) is 3. The molecule has 1 aliphatic rings. The number of esters is 1. The second kappa shape index (κ2) is 14.1. The zero-order chi connectivity index (χ0) is 25.8. The first kappa shape index (κ1) is 27.1. The zero-order valence-corrected chi connectivity index (χ0v) is 20.2. The van der Waals surface area contributed by atoms with Crippen LogP contribution in [0.2, 0.25) is 0 Å². The van der Waals surface area contributed by atoms with Gasteiger partial charge in [-0.25, -0.2) is 4.39 Å². The van der Waals surface area contributed by atoms with Crippen molar-refractivity contribution < 1.29 is 28.6 Å². The van der Waals surface area contributed by atoms with Crippen molar-refractivity contribution in [2.75, 3.05) is 19.8 Å². The Hall–Kier alpha value is -3.52. The Morgan fingerprint density at radius 3 is 2.53 bits per heavy atom. The van der Waals surface area contributed by atoms with Gasteiger partial charge in [0.1, 0.15) is 12.4 Å². The van der Waals surface area contributed by atoms with Crippen LogP contribution in [-0.4, -0.2) is 42.6 Å². The van der Waals surface area contributed by atoms with Crippen LogP contribution in [0, 0.1) is 17.7 Å². The Kier molecular flexibility index (Phi) is 10.6. The highest BCUT2D eigenvalue weighted by Crippen LogP contribution is 2.22. The molecule has 2 amide bonds. The van der Waals surface area contributed by atoms with Crippen molar-refractivity contribution >= 4 is 17.8 Å². The van der Waals surface area contributed by atoms with Crippen molar-refractivity contribution in [1.82, 2.24) is 10.6 Å². The monoisotopic (exact) mass is 496 g/mol. The van der Waals surface area contributed by atoms with E-state index in [1.165, 1.54) is 12.1 Å². The molecule has 3 N–H and O–H groups in total. The van der Waals surface area contributed by atoms with Crippen molar-refractivity contribution in [1.29, 1.82) is 0 Å². The van der Waals surface area contributed by atoms with E-state index in [9.17, 15) is 18.8 Å². The number of cyclic esters (lactones) is 1. The summed E-state index contributed by atoms with van der Waals surface area (Å²) in [7, 11) is 0. The lowest BCUT2D eigenvalue weighted by atomic mass is 9.94. The van der Waals surface area contributed by atoms with Gasteiger partial charge >= 0.3 is 5.97 Å². The largest absolute Gasteiger partial charge is 0.463 e. The molecule has 8 heteroatoms. The lowest BCUT2D eigenvalue weighted by Gasteiger charge is -2.23. The number of amides is 2. The quantitative estimate of drug-likeness (QED) is 0.403. The maximum absolute atomic E-state index is 13.3. The fraction of sp³-hybridized carbons (Fsp3) is 0.393. The van der Waals surface area contributed by atoms with Gasteiger partial charge in [-0.1, -0.05) is 54.6 Å². The summed E-state index contributed by atoms with van der Waals surface area (Å²) in [5, 5.41) is 14.5. The van der Waals surface area contributed by atoms with E-state index in [1.54, 1.807) is 12.1 Å². The van der Waals surface area contributed by atoms with E-state index in [2.05, 4.69) is 10.6 Å². The minimum atomic E-state index is -0.613. The van der Waals surface area contributed by atoms with E-state index < -0.39 is 17.9 Å². The van der Waals surface area contributed by atoms with Gasteiger partial charge in [-0.05, 0) is 48.9 Å². The molecule has 3 atom stereocenters. The molecular formula is C28H33FN2O5. The molecule has 0 spiro atoms. The summed E-state index contributed by atoms with van der Waals surface area (Å²) in [5.74, 6) is -2.37. The van der Waals surface area contributed by atoms with Crippen molar-refractivity contribution in [2.24, 2.45) is 11.8 Å². The van der Waals surface area contributed by atoms with Gasteiger partial charge in [0.15, 0.2) is 0 Å². The molecule has 3 rings (SSSR count). The van der Waals surface area contributed by atoms with Gasteiger partial charge in [-0.2, -0.15) is 0 Å². The molecule has 0 fully saturated rings.